The first-order valence-electron chi connectivity index (χ1n) is 11.8. The number of aryl methyl sites for hydroxylation is 1. The van der Waals surface area contributed by atoms with Crippen LogP contribution in [0.1, 0.15) is 55.7 Å². The zero-order valence-electron chi connectivity index (χ0n) is 19.4. The number of amides is 2. The standard InChI is InChI=1S/C27H36N2O2S/c1-3-25(27(31)28-24-14-7-8-15-24)29(17-16-22-11-5-4-6-12-22)26(30)20-32-19-23-13-9-10-21(2)18-23/h4-6,9-13,18,24-25H,3,7-8,14-17,19-20H2,1-2H3,(H,28,31)/t25-/m0/s1. The molecule has 1 aliphatic carbocycles. The van der Waals surface area contributed by atoms with E-state index in [1.54, 1.807) is 11.8 Å². The van der Waals surface area contributed by atoms with Gasteiger partial charge in [0, 0.05) is 18.3 Å². The molecule has 0 bridgehead atoms. The second kappa shape index (κ2) is 12.7. The molecule has 4 nitrogen and oxygen atoms in total. The smallest absolute Gasteiger partial charge is 0.243 e. The Hall–Kier alpha value is -2.27. The van der Waals surface area contributed by atoms with Crippen molar-refractivity contribution in [2.45, 2.75) is 70.2 Å². The molecule has 2 aromatic carbocycles. The van der Waals surface area contributed by atoms with Crippen molar-refractivity contribution in [3.05, 3.63) is 71.3 Å². The zero-order valence-corrected chi connectivity index (χ0v) is 20.2. The molecule has 0 aliphatic heterocycles. The maximum Gasteiger partial charge on any atom is 0.243 e. The van der Waals surface area contributed by atoms with E-state index in [1.165, 1.54) is 29.5 Å². The Morgan fingerprint density at radius 2 is 1.78 bits per heavy atom. The summed E-state index contributed by atoms with van der Waals surface area (Å²) in [5, 5.41) is 3.21. The molecule has 2 amide bonds. The van der Waals surface area contributed by atoms with Crippen LogP contribution in [-0.4, -0.2) is 41.1 Å². The molecular formula is C27H36N2O2S. The minimum absolute atomic E-state index is 0.00416. The Labute approximate surface area is 197 Å². The highest BCUT2D eigenvalue weighted by Gasteiger charge is 2.30. The molecule has 0 spiro atoms. The fourth-order valence-corrected chi connectivity index (χ4v) is 5.26. The molecule has 1 saturated carbocycles. The summed E-state index contributed by atoms with van der Waals surface area (Å²) in [5.41, 5.74) is 3.64. The number of hydrogen-bond donors (Lipinski definition) is 1. The molecule has 32 heavy (non-hydrogen) atoms. The van der Waals surface area contributed by atoms with Crippen molar-refractivity contribution in [2.24, 2.45) is 0 Å². The van der Waals surface area contributed by atoms with Gasteiger partial charge in [-0.25, -0.2) is 0 Å². The number of carbonyl (C=O) groups is 2. The van der Waals surface area contributed by atoms with Gasteiger partial charge in [0.1, 0.15) is 6.04 Å². The summed E-state index contributed by atoms with van der Waals surface area (Å²) in [7, 11) is 0. The maximum atomic E-state index is 13.3. The van der Waals surface area contributed by atoms with Crippen LogP contribution in [0.25, 0.3) is 0 Å². The van der Waals surface area contributed by atoms with Gasteiger partial charge in [-0.3, -0.25) is 9.59 Å². The molecule has 0 radical (unpaired) electrons. The minimum Gasteiger partial charge on any atom is -0.352 e. The molecule has 172 valence electrons. The predicted molar refractivity (Wildman–Crippen MR) is 134 cm³/mol. The van der Waals surface area contributed by atoms with Gasteiger partial charge >= 0.3 is 0 Å². The summed E-state index contributed by atoms with van der Waals surface area (Å²) >= 11 is 1.62. The first kappa shape index (κ1) is 24.4. The second-order valence-electron chi connectivity index (χ2n) is 8.72. The fraction of sp³-hybridized carbons (Fsp3) is 0.481. The largest absolute Gasteiger partial charge is 0.352 e. The average molecular weight is 453 g/mol. The lowest BCUT2D eigenvalue weighted by Gasteiger charge is -2.31. The molecule has 1 aliphatic rings. The molecule has 2 aromatic rings. The summed E-state index contributed by atoms with van der Waals surface area (Å²) in [5.74, 6) is 1.23. The maximum absolute atomic E-state index is 13.3. The van der Waals surface area contributed by atoms with Gasteiger partial charge in [0.25, 0.3) is 0 Å². The number of thioether (sulfide) groups is 1. The number of hydrogen-bond acceptors (Lipinski definition) is 3. The van der Waals surface area contributed by atoms with Gasteiger partial charge in [-0.15, -0.1) is 11.8 Å². The van der Waals surface area contributed by atoms with Gasteiger partial charge in [0.15, 0.2) is 0 Å². The summed E-state index contributed by atoms with van der Waals surface area (Å²) < 4.78 is 0. The van der Waals surface area contributed by atoms with E-state index in [0.29, 0.717) is 18.7 Å². The van der Waals surface area contributed by atoms with Crippen LogP contribution < -0.4 is 5.32 Å². The Kier molecular flexibility index (Phi) is 9.66. The Balaban J connectivity index is 1.64. The highest BCUT2D eigenvalue weighted by Crippen LogP contribution is 2.20. The summed E-state index contributed by atoms with van der Waals surface area (Å²) in [6.45, 7) is 4.64. The van der Waals surface area contributed by atoms with E-state index in [0.717, 1.165) is 25.0 Å². The monoisotopic (exact) mass is 452 g/mol. The van der Waals surface area contributed by atoms with E-state index in [4.69, 9.17) is 0 Å². The fourth-order valence-electron chi connectivity index (χ4n) is 4.40. The van der Waals surface area contributed by atoms with E-state index < -0.39 is 6.04 Å². The van der Waals surface area contributed by atoms with Crippen LogP contribution in [0.2, 0.25) is 0 Å². The van der Waals surface area contributed by atoms with Crippen molar-refractivity contribution in [2.75, 3.05) is 12.3 Å². The van der Waals surface area contributed by atoms with E-state index in [-0.39, 0.29) is 17.9 Å². The van der Waals surface area contributed by atoms with Crippen molar-refractivity contribution in [3.63, 3.8) is 0 Å². The SMILES string of the molecule is CC[C@@H](C(=O)NC1CCCC1)N(CCc1ccccc1)C(=O)CSCc1cccc(C)c1. The number of nitrogens with one attached hydrogen (secondary N) is 1. The number of carbonyl (C=O) groups excluding carboxylic acids is 2. The van der Waals surface area contributed by atoms with Crippen LogP contribution in [0.15, 0.2) is 54.6 Å². The van der Waals surface area contributed by atoms with Crippen molar-refractivity contribution in [3.8, 4) is 0 Å². The van der Waals surface area contributed by atoms with Gasteiger partial charge in [0.05, 0.1) is 5.75 Å². The van der Waals surface area contributed by atoms with Crippen LogP contribution >= 0.6 is 11.8 Å². The Morgan fingerprint density at radius 1 is 1.06 bits per heavy atom. The molecule has 1 N–H and O–H groups in total. The van der Waals surface area contributed by atoms with Gasteiger partial charge in [-0.05, 0) is 43.7 Å². The van der Waals surface area contributed by atoms with Crippen LogP contribution in [0.4, 0.5) is 0 Å². The molecule has 0 unspecified atom stereocenters. The lowest BCUT2D eigenvalue weighted by atomic mass is 10.1. The molecule has 1 fully saturated rings. The predicted octanol–water partition coefficient (Wildman–Crippen LogP) is 5.14. The molecule has 3 rings (SSSR count). The van der Waals surface area contributed by atoms with Crippen LogP contribution in [-0.2, 0) is 21.8 Å². The topological polar surface area (TPSA) is 49.4 Å². The highest BCUT2D eigenvalue weighted by molar-refractivity contribution is 7.99. The van der Waals surface area contributed by atoms with E-state index in [1.807, 2.05) is 30.0 Å². The van der Waals surface area contributed by atoms with Gasteiger partial charge in [-0.1, -0.05) is 79.9 Å². The molecule has 5 heteroatoms. The zero-order chi connectivity index (χ0) is 22.8. The highest BCUT2D eigenvalue weighted by atomic mass is 32.2. The lowest BCUT2D eigenvalue weighted by molar-refractivity contribution is -0.139. The minimum atomic E-state index is -0.411. The quantitative estimate of drug-likeness (QED) is 0.514. The normalized spacial score (nSPS) is 14.8. The molecular weight excluding hydrogens is 416 g/mol. The summed E-state index contributed by atoms with van der Waals surface area (Å²) in [6, 6.07) is 18.4. The van der Waals surface area contributed by atoms with Crippen molar-refractivity contribution in [1.82, 2.24) is 10.2 Å². The number of nitrogens with zero attached hydrogens (tertiary/aromatic N) is 1. The van der Waals surface area contributed by atoms with Crippen LogP contribution in [0.5, 0.6) is 0 Å². The molecule has 0 saturated heterocycles. The second-order valence-corrected chi connectivity index (χ2v) is 9.70. The Bertz CT molecular complexity index is 865. The number of rotatable bonds is 11. The lowest BCUT2D eigenvalue weighted by Crippen LogP contribution is -2.52. The van der Waals surface area contributed by atoms with Crippen LogP contribution in [0, 0.1) is 6.92 Å². The molecule has 1 atom stereocenters. The summed E-state index contributed by atoms with van der Waals surface area (Å²) in [6.07, 6.45) is 5.82. The van der Waals surface area contributed by atoms with Crippen LogP contribution in [0.3, 0.4) is 0 Å². The Morgan fingerprint density at radius 3 is 2.47 bits per heavy atom. The van der Waals surface area contributed by atoms with E-state index in [9.17, 15) is 9.59 Å². The average Bonchev–Trinajstić information content (AvgIpc) is 3.30. The number of benzene rings is 2. The van der Waals surface area contributed by atoms with Gasteiger partial charge in [-0.2, -0.15) is 0 Å². The first-order valence-corrected chi connectivity index (χ1v) is 13.0. The molecule has 0 heterocycles. The van der Waals surface area contributed by atoms with E-state index >= 15 is 0 Å². The third-order valence-electron chi connectivity index (χ3n) is 6.15. The van der Waals surface area contributed by atoms with E-state index in [2.05, 4.69) is 48.6 Å². The summed E-state index contributed by atoms with van der Waals surface area (Å²) in [4.78, 5) is 28.2. The van der Waals surface area contributed by atoms with Gasteiger partial charge < -0.3 is 10.2 Å². The molecule has 0 aromatic heterocycles. The van der Waals surface area contributed by atoms with Crippen molar-refractivity contribution >= 4 is 23.6 Å². The van der Waals surface area contributed by atoms with Gasteiger partial charge in [0.2, 0.25) is 11.8 Å². The van der Waals surface area contributed by atoms with Crippen molar-refractivity contribution in [1.29, 1.82) is 0 Å². The third kappa shape index (κ3) is 7.40. The van der Waals surface area contributed by atoms with Crippen molar-refractivity contribution < 1.29 is 9.59 Å². The first-order chi connectivity index (χ1) is 15.6. The third-order valence-corrected chi connectivity index (χ3v) is 7.14.